The summed E-state index contributed by atoms with van der Waals surface area (Å²) in [5, 5.41) is 7.61. The summed E-state index contributed by atoms with van der Waals surface area (Å²) >= 11 is 1.55. The standard InChI is InChI=1S/C22H24FN3OS/c1-16-21(17(2)26(25-16)15-18-6-4-3-5-7-18)14-24-22(27)12-13-28-20-10-8-19(23)9-11-20/h3-11H,12-15H2,1-2H3,(H,24,27). The van der Waals surface area contributed by atoms with Crippen LogP contribution in [0.15, 0.2) is 59.5 Å². The maximum Gasteiger partial charge on any atom is 0.221 e. The van der Waals surface area contributed by atoms with Crippen LogP contribution in [0.5, 0.6) is 0 Å². The molecule has 0 saturated heterocycles. The van der Waals surface area contributed by atoms with Crippen molar-refractivity contribution in [3.63, 3.8) is 0 Å². The number of hydrogen-bond acceptors (Lipinski definition) is 3. The highest BCUT2D eigenvalue weighted by Crippen LogP contribution is 2.19. The average molecular weight is 398 g/mol. The van der Waals surface area contributed by atoms with E-state index in [0.717, 1.165) is 28.4 Å². The van der Waals surface area contributed by atoms with Gasteiger partial charge in [-0.2, -0.15) is 5.10 Å². The molecule has 1 amide bonds. The summed E-state index contributed by atoms with van der Waals surface area (Å²) in [6.45, 7) is 5.21. The van der Waals surface area contributed by atoms with E-state index in [-0.39, 0.29) is 11.7 Å². The molecule has 0 aliphatic heterocycles. The van der Waals surface area contributed by atoms with Gasteiger partial charge in [-0.05, 0) is 43.7 Å². The van der Waals surface area contributed by atoms with Gasteiger partial charge >= 0.3 is 0 Å². The summed E-state index contributed by atoms with van der Waals surface area (Å²) < 4.78 is 14.9. The van der Waals surface area contributed by atoms with E-state index in [2.05, 4.69) is 22.5 Å². The van der Waals surface area contributed by atoms with Gasteiger partial charge in [0.05, 0.1) is 12.2 Å². The highest BCUT2D eigenvalue weighted by Gasteiger charge is 2.13. The van der Waals surface area contributed by atoms with Crippen molar-refractivity contribution in [2.75, 3.05) is 5.75 Å². The van der Waals surface area contributed by atoms with E-state index in [1.807, 2.05) is 36.7 Å². The van der Waals surface area contributed by atoms with Crippen molar-refractivity contribution in [2.24, 2.45) is 0 Å². The molecule has 0 aliphatic rings. The Hall–Kier alpha value is -2.60. The zero-order valence-electron chi connectivity index (χ0n) is 16.1. The fourth-order valence-electron chi connectivity index (χ4n) is 2.97. The van der Waals surface area contributed by atoms with Crippen molar-refractivity contribution in [1.82, 2.24) is 15.1 Å². The third-order valence-corrected chi connectivity index (χ3v) is 5.59. The number of carbonyl (C=O) groups is 1. The molecular formula is C22H24FN3OS. The summed E-state index contributed by atoms with van der Waals surface area (Å²) in [4.78, 5) is 13.1. The Morgan fingerprint density at radius 2 is 1.82 bits per heavy atom. The minimum atomic E-state index is -0.249. The van der Waals surface area contributed by atoms with Crippen molar-refractivity contribution in [2.45, 2.75) is 38.3 Å². The maximum absolute atomic E-state index is 12.9. The first-order valence-corrected chi connectivity index (χ1v) is 10.2. The van der Waals surface area contributed by atoms with E-state index in [1.54, 1.807) is 23.9 Å². The Morgan fingerprint density at radius 3 is 2.54 bits per heavy atom. The molecule has 0 aliphatic carbocycles. The maximum atomic E-state index is 12.9. The number of nitrogens with zero attached hydrogens (tertiary/aromatic N) is 2. The Balaban J connectivity index is 1.49. The smallest absolute Gasteiger partial charge is 0.221 e. The predicted molar refractivity (Wildman–Crippen MR) is 111 cm³/mol. The number of halogens is 1. The lowest BCUT2D eigenvalue weighted by atomic mass is 10.2. The molecule has 1 heterocycles. The molecule has 1 N–H and O–H groups in total. The molecular weight excluding hydrogens is 373 g/mol. The van der Waals surface area contributed by atoms with Crippen LogP contribution in [-0.2, 0) is 17.9 Å². The van der Waals surface area contributed by atoms with E-state index in [1.165, 1.54) is 17.7 Å². The van der Waals surface area contributed by atoms with Crippen molar-refractivity contribution < 1.29 is 9.18 Å². The molecule has 3 rings (SSSR count). The van der Waals surface area contributed by atoms with Gasteiger partial charge in [0.25, 0.3) is 0 Å². The third-order valence-electron chi connectivity index (χ3n) is 4.58. The molecule has 3 aromatic rings. The van der Waals surface area contributed by atoms with Crippen LogP contribution in [0.1, 0.15) is 28.9 Å². The number of amides is 1. The van der Waals surface area contributed by atoms with Gasteiger partial charge in [0.15, 0.2) is 0 Å². The average Bonchev–Trinajstić information content (AvgIpc) is 2.95. The lowest BCUT2D eigenvalue weighted by molar-refractivity contribution is -0.120. The molecule has 0 bridgehead atoms. The van der Waals surface area contributed by atoms with Crippen LogP contribution in [0, 0.1) is 19.7 Å². The van der Waals surface area contributed by atoms with E-state index in [4.69, 9.17) is 0 Å². The number of aryl methyl sites for hydroxylation is 1. The SMILES string of the molecule is Cc1nn(Cc2ccccc2)c(C)c1CNC(=O)CCSc1ccc(F)cc1. The normalized spacial score (nSPS) is 10.8. The van der Waals surface area contributed by atoms with Gasteiger partial charge < -0.3 is 5.32 Å². The molecule has 2 aromatic carbocycles. The molecule has 0 radical (unpaired) electrons. The Morgan fingerprint density at radius 1 is 1.11 bits per heavy atom. The summed E-state index contributed by atoms with van der Waals surface area (Å²) in [5.74, 6) is 0.410. The van der Waals surface area contributed by atoms with E-state index in [0.29, 0.717) is 18.7 Å². The Bertz CT molecular complexity index is 923. The molecule has 0 fully saturated rings. The van der Waals surface area contributed by atoms with Crippen LogP contribution in [0.25, 0.3) is 0 Å². The Labute approximate surface area is 169 Å². The summed E-state index contributed by atoms with van der Waals surface area (Å²) in [6, 6.07) is 16.5. The van der Waals surface area contributed by atoms with Crippen LogP contribution in [0.3, 0.4) is 0 Å². The first-order chi connectivity index (χ1) is 13.5. The molecule has 1 aromatic heterocycles. The summed E-state index contributed by atoms with van der Waals surface area (Å²) in [7, 11) is 0. The largest absolute Gasteiger partial charge is 0.352 e. The van der Waals surface area contributed by atoms with Crippen molar-refractivity contribution >= 4 is 17.7 Å². The van der Waals surface area contributed by atoms with Gasteiger partial charge in [-0.25, -0.2) is 4.39 Å². The molecule has 0 atom stereocenters. The number of thioether (sulfide) groups is 1. The Kier molecular flexibility index (Phi) is 6.87. The topological polar surface area (TPSA) is 46.9 Å². The number of rotatable bonds is 8. The van der Waals surface area contributed by atoms with Gasteiger partial charge in [-0.15, -0.1) is 11.8 Å². The van der Waals surface area contributed by atoms with Gasteiger partial charge in [0.1, 0.15) is 5.82 Å². The second-order valence-electron chi connectivity index (χ2n) is 6.62. The zero-order chi connectivity index (χ0) is 19.9. The van der Waals surface area contributed by atoms with E-state index >= 15 is 0 Å². The van der Waals surface area contributed by atoms with Crippen molar-refractivity contribution in [1.29, 1.82) is 0 Å². The first-order valence-electron chi connectivity index (χ1n) is 9.25. The van der Waals surface area contributed by atoms with Gasteiger partial charge in [0, 0.05) is 34.9 Å². The quantitative estimate of drug-likeness (QED) is 0.570. The van der Waals surface area contributed by atoms with Crippen molar-refractivity contribution in [3.8, 4) is 0 Å². The van der Waals surface area contributed by atoms with Gasteiger partial charge in [-0.1, -0.05) is 30.3 Å². The number of nitrogens with one attached hydrogen (secondary N) is 1. The lowest BCUT2D eigenvalue weighted by Gasteiger charge is -2.07. The van der Waals surface area contributed by atoms with Crippen LogP contribution >= 0.6 is 11.8 Å². The van der Waals surface area contributed by atoms with Gasteiger partial charge in [-0.3, -0.25) is 9.48 Å². The molecule has 4 nitrogen and oxygen atoms in total. The second-order valence-corrected chi connectivity index (χ2v) is 7.79. The lowest BCUT2D eigenvalue weighted by Crippen LogP contribution is -2.23. The molecule has 0 unspecified atom stereocenters. The van der Waals surface area contributed by atoms with E-state index < -0.39 is 0 Å². The number of hydrogen-bond donors (Lipinski definition) is 1. The monoisotopic (exact) mass is 397 g/mol. The molecule has 0 saturated carbocycles. The number of carbonyl (C=O) groups excluding carboxylic acids is 1. The minimum Gasteiger partial charge on any atom is -0.352 e. The molecule has 0 spiro atoms. The molecule has 28 heavy (non-hydrogen) atoms. The fourth-order valence-corrected chi connectivity index (χ4v) is 3.82. The van der Waals surface area contributed by atoms with Crippen LogP contribution in [0.2, 0.25) is 0 Å². The van der Waals surface area contributed by atoms with Crippen molar-refractivity contribution in [3.05, 3.63) is 82.9 Å². The first kappa shape index (κ1) is 20.1. The van der Waals surface area contributed by atoms with Gasteiger partial charge in [0.2, 0.25) is 5.91 Å². The highest BCUT2D eigenvalue weighted by molar-refractivity contribution is 7.99. The minimum absolute atomic E-state index is 0.00391. The predicted octanol–water partition coefficient (Wildman–Crippen LogP) is 4.49. The fraction of sp³-hybridized carbons (Fsp3) is 0.273. The zero-order valence-corrected chi connectivity index (χ0v) is 16.9. The second kappa shape index (κ2) is 9.55. The molecule has 6 heteroatoms. The summed E-state index contributed by atoms with van der Waals surface area (Å²) in [5.41, 5.74) is 4.27. The van der Waals surface area contributed by atoms with E-state index in [9.17, 15) is 9.18 Å². The van der Waals surface area contributed by atoms with Crippen LogP contribution in [-0.4, -0.2) is 21.4 Å². The summed E-state index contributed by atoms with van der Waals surface area (Å²) in [6.07, 6.45) is 0.415. The van der Waals surface area contributed by atoms with Crippen LogP contribution < -0.4 is 5.32 Å². The van der Waals surface area contributed by atoms with Crippen LogP contribution in [0.4, 0.5) is 4.39 Å². The number of benzene rings is 2. The highest BCUT2D eigenvalue weighted by atomic mass is 32.2. The third kappa shape index (κ3) is 5.45. The number of aromatic nitrogens is 2. The molecule has 146 valence electrons.